The Morgan fingerprint density at radius 2 is 2.00 bits per heavy atom. The molecule has 5 nitrogen and oxygen atoms in total. The second-order valence-electron chi connectivity index (χ2n) is 7.33. The number of morpholine rings is 1. The average Bonchev–Trinajstić information content (AvgIpc) is 3.23. The van der Waals surface area contributed by atoms with Gasteiger partial charge in [-0.1, -0.05) is 24.3 Å². The summed E-state index contributed by atoms with van der Waals surface area (Å²) in [6, 6.07) is 14.6. The molecule has 1 aliphatic heterocycles. The molecule has 2 heterocycles. The van der Waals surface area contributed by atoms with E-state index in [1.807, 2.05) is 23.6 Å². The maximum atomic E-state index is 13.4. The summed E-state index contributed by atoms with van der Waals surface area (Å²) in [5, 5.41) is 5.47. The number of nitrogens with one attached hydrogen (secondary N) is 1. The molecule has 0 radical (unpaired) electrons. The number of benzene rings is 2. The van der Waals surface area contributed by atoms with Gasteiger partial charge in [0.2, 0.25) is 5.91 Å². The zero-order chi connectivity index (χ0) is 20.9. The highest BCUT2D eigenvalue weighted by Gasteiger charge is 2.18. The van der Waals surface area contributed by atoms with Crippen LogP contribution in [0.25, 0.3) is 10.6 Å². The maximum Gasteiger partial charge on any atom is 0.230 e. The lowest BCUT2D eigenvalue weighted by atomic mass is 10.1. The van der Waals surface area contributed by atoms with E-state index >= 15 is 0 Å². The minimum absolute atomic E-state index is 0.125. The van der Waals surface area contributed by atoms with Crippen LogP contribution >= 0.6 is 11.3 Å². The minimum atomic E-state index is -0.298. The number of ether oxygens (including phenoxy) is 1. The number of rotatable bonds is 6. The molecule has 156 valence electrons. The van der Waals surface area contributed by atoms with E-state index in [4.69, 9.17) is 4.74 Å². The summed E-state index contributed by atoms with van der Waals surface area (Å²) in [6.07, 6.45) is 0.178. The topological polar surface area (TPSA) is 54.5 Å². The molecule has 1 aliphatic rings. The lowest BCUT2D eigenvalue weighted by Gasteiger charge is -2.32. The molecular formula is C23H24FN3O2S. The summed E-state index contributed by atoms with van der Waals surface area (Å²) in [7, 11) is 0. The van der Waals surface area contributed by atoms with Gasteiger partial charge in [-0.15, -0.1) is 11.3 Å². The van der Waals surface area contributed by atoms with Crippen LogP contribution < -0.4 is 5.32 Å². The van der Waals surface area contributed by atoms with Gasteiger partial charge in [0.05, 0.1) is 25.3 Å². The quantitative estimate of drug-likeness (QED) is 0.631. The molecule has 0 saturated carbocycles. The van der Waals surface area contributed by atoms with Crippen molar-refractivity contribution in [1.82, 2.24) is 9.88 Å². The molecule has 2 aromatic carbocycles. The van der Waals surface area contributed by atoms with E-state index in [0.29, 0.717) is 16.7 Å². The van der Waals surface area contributed by atoms with Gasteiger partial charge in [0, 0.05) is 35.8 Å². The Morgan fingerprint density at radius 1 is 1.23 bits per heavy atom. The number of halogens is 1. The first-order chi connectivity index (χ1) is 14.6. The number of hydrogen-bond donors (Lipinski definition) is 1. The molecule has 4 rings (SSSR count). The fourth-order valence-electron chi connectivity index (χ4n) is 3.53. The van der Waals surface area contributed by atoms with Crippen LogP contribution in [0.3, 0.4) is 0 Å². The number of nitrogens with zero attached hydrogens (tertiary/aromatic N) is 2. The Bertz CT molecular complexity index is 1000. The monoisotopic (exact) mass is 425 g/mol. The summed E-state index contributed by atoms with van der Waals surface area (Å²) >= 11 is 1.41. The third-order valence-corrected chi connectivity index (χ3v) is 6.18. The van der Waals surface area contributed by atoms with Crippen LogP contribution in [0.1, 0.15) is 24.2 Å². The Morgan fingerprint density at radius 3 is 2.73 bits per heavy atom. The van der Waals surface area contributed by atoms with Crippen molar-refractivity contribution in [2.24, 2.45) is 0 Å². The van der Waals surface area contributed by atoms with Gasteiger partial charge in [-0.2, -0.15) is 0 Å². The Labute approximate surface area is 179 Å². The molecule has 1 aromatic heterocycles. The van der Waals surface area contributed by atoms with Gasteiger partial charge < -0.3 is 10.1 Å². The number of thiazole rings is 1. The Hall–Kier alpha value is -2.61. The summed E-state index contributed by atoms with van der Waals surface area (Å²) in [5.74, 6) is -0.423. The average molecular weight is 426 g/mol. The molecule has 0 spiro atoms. The van der Waals surface area contributed by atoms with E-state index < -0.39 is 0 Å². The van der Waals surface area contributed by atoms with Crippen molar-refractivity contribution in [3.63, 3.8) is 0 Å². The third kappa shape index (κ3) is 5.11. The van der Waals surface area contributed by atoms with Gasteiger partial charge in [-0.3, -0.25) is 9.69 Å². The number of aromatic nitrogens is 1. The van der Waals surface area contributed by atoms with Crippen molar-refractivity contribution in [1.29, 1.82) is 0 Å². The molecule has 7 heteroatoms. The first kappa shape index (κ1) is 20.7. The van der Waals surface area contributed by atoms with Crippen molar-refractivity contribution < 1.29 is 13.9 Å². The van der Waals surface area contributed by atoms with Crippen LogP contribution in [0, 0.1) is 5.82 Å². The second-order valence-corrected chi connectivity index (χ2v) is 8.18. The highest BCUT2D eigenvalue weighted by molar-refractivity contribution is 7.13. The largest absolute Gasteiger partial charge is 0.379 e. The number of hydrogen-bond acceptors (Lipinski definition) is 5. The van der Waals surface area contributed by atoms with Crippen molar-refractivity contribution in [2.75, 3.05) is 31.6 Å². The molecule has 1 fully saturated rings. The Kier molecular flexibility index (Phi) is 6.52. The molecule has 1 N–H and O–H groups in total. The molecule has 0 bridgehead atoms. The van der Waals surface area contributed by atoms with Gasteiger partial charge >= 0.3 is 0 Å². The molecule has 1 atom stereocenters. The predicted molar refractivity (Wildman–Crippen MR) is 117 cm³/mol. The zero-order valence-corrected chi connectivity index (χ0v) is 17.6. The van der Waals surface area contributed by atoms with Crippen molar-refractivity contribution >= 4 is 22.9 Å². The van der Waals surface area contributed by atoms with E-state index in [2.05, 4.69) is 34.3 Å². The van der Waals surface area contributed by atoms with Gasteiger partial charge in [0.15, 0.2) is 0 Å². The van der Waals surface area contributed by atoms with E-state index in [0.717, 1.165) is 37.6 Å². The van der Waals surface area contributed by atoms with Crippen LogP contribution in [-0.4, -0.2) is 42.1 Å². The summed E-state index contributed by atoms with van der Waals surface area (Å²) in [6.45, 7) is 5.61. The van der Waals surface area contributed by atoms with E-state index in [-0.39, 0.29) is 18.1 Å². The minimum Gasteiger partial charge on any atom is -0.379 e. The van der Waals surface area contributed by atoms with Crippen LogP contribution in [0.5, 0.6) is 0 Å². The Balaban J connectivity index is 1.34. The second kappa shape index (κ2) is 9.47. The van der Waals surface area contributed by atoms with Gasteiger partial charge in [0.1, 0.15) is 10.8 Å². The molecule has 1 amide bonds. The van der Waals surface area contributed by atoms with Crippen LogP contribution in [0.15, 0.2) is 53.9 Å². The first-order valence-electron chi connectivity index (χ1n) is 10.0. The summed E-state index contributed by atoms with van der Waals surface area (Å²) < 4.78 is 18.8. The van der Waals surface area contributed by atoms with Crippen molar-refractivity contribution in [3.8, 4) is 10.6 Å². The molecule has 1 saturated heterocycles. The van der Waals surface area contributed by atoms with Gasteiger partial charge in [-0.25, -0.2) is 9.37 Å². The third-order valence-electron chi connectivity index (χ3n) is 5.24. The lowest BCUT2D eigenvalue weighted by Crippen LogP contribution is -2.37. The number of anilines is 1. The van der Waals surface area contributed by atoms with Crippen LogP contribution in [0.2, 0.25) is 0 Å². The smallest absolute Gasteiger partial charge is 0.230 e. The van der Waals surface area contributed by atoms with Crippen LogP contribution in [0.4, 0.5) is 10.1 Å². The first-order valence-corrected chi connectivity index (χ1v) is 10.9. The predicted octanol–water partition coefficient (Wildman–Crippen LogP) is 4.52. The highest BCUT2D eigenvalue weighted by atomic mass is 32.1. The molecule has 3 aromatic rings. The lowest BCUT2D eigenvalue weighted by molar-refractivity contribution is -0.115. The maximum absolute atomic E-state index is 13.4. The fourth-order valence-corrected chi connectivity index (χ4v) is 4.35. The number of carbonyl (C=O) groups is 1. The molecular weight excluding hydrogens is 401 g/mol. The zero-order valence-electron chi connectivity index (χ0n) is 16.8. The fraction of sp³-hybridized carbons (Fsp3) is 0.304. The van der Waals surface area contributed by atoms with Crippen molar-refractivity contribution in [2.45, 2.75) is 19.4 Å². The highest BCUT2D eigenvalue weighted by Crippen LogP contribution is 2.25. The number of carbonyl (C=O) groups excluding carboxylic acids is 1. The normalized spacial score (nSPS) is 15.7. The van der Waals surface area contributed by atoms with Crippen LogP contribution in [-0.2, 0) is 16.0 Å². The van der Waals surface area contributed by atoms with E-state index in [9.17, 15) is 9.18 Å². The molecule has 30 heavy (non-hydrogen) atoms. The van der Waals surface area contributed by atoms with E-state index in [1.165, 1.54) is 29.0 Å². The SMILES string of the molecule is CC(c1ccc(NC(=O)Cc2csc(-c3cccc(F)c3)n2)cc1)N1CCOCC1. The van der Waals surface area contributed by atoms with Crippen molar-refractivity contribution in [3.05, 3.63) is 71.0 Å². The van der Waals surface area contributed by atoms with Gasteiger partial charge in [0.25, 0.3) is 0 Å². The molecule has 1 unspecified atom stereocenters. The standard InChI is InChI=1S/C23H24FN3O2S/c1-16(27-9-11-29-12-10-27)17-5-7-20(8-6-17)25-22(28)14-21-15-30-23(26-21)18-3-2-4-19(24)13-18/h2-8,13,15-16H,9-12,14H2,1H3,(H,25,28). The van der Waals surface area contributed by atoms with Gasteiger partial charge in [-0.05, 0) is 36.8 Å². The summed E-state index contributed by atoms with van der Waals surface area (Å²) in [4.78, 5) is 19.3. The number of amides is 1. The summed E-state index contributed by atoms with van der Waals surface area (Å²) in [5.41, 5.74) is 3.37. The molecule has 0 aliphatic carbocycles. The van der Waals surface area contributed by atoms with E-state index in [1.54, 1.807) is 6.07 Å².